The largest absolute Gasteiger partial charge is 0.392 e. The Morgan fingerprint density at radius 1 is 1.12 bits per heavy atom. The third-order valence-corrected chi connectivity index (χ3v) is 7.23. The Balaban J connectivity index is 1.26. The van der Waals surface area contributed by atoms with E-state index in [-0.39, 0.29) is 12.1 Å². The summed E-state index contributed by atoms with van der Waals surface area (Å²) in [6.45, 7) is 10.6. The van der Waals surface area contributed by atoms with Crippen molar-refractivity contribution in [3.05, 3.63) is 46.2 Å². The maximum atomic E-state index is 9.63. The summed E-state index contributed by atoms with van der Waals surface area (Å²) in [6.07, 6.45) is 1.24. The van der Waals surface area contributed by atoms with Gasteiger partial charge in [0.25, 0.3) is 5.78 Å². The number of benzene rings is 1. The number of piperazine rings is 1. The minimum absolute atomic E-state index is 0.0607. The first kappa shape index (κ1) is 23.6. The molecule has 0 amide bonds. The number of aliphatic hydroxyl groups is 1. The summed E-state index contributed by atoms with van der Waals surface area (Å²) in [5, 5.41) is 18.7. The van der Waals surface area contributed by atoms with Crippen LogP contribution in [-0.2, 0) is 0 Å². The lowest BCUT2D eigenvalue weighted by molar-refractivity contribution is 0.0550. The van der Waals surface area contributed by atoms with Gasteiger partial charge in [-0.1, -0.05) is 29.3 Å². The smallest absolute Gasteiger partial charge is 0.256 e. The molecular formula is C23H30Cl2N8O. The zero-order valence-electron chi connectivity index (χ0n) is 19.4. The fraction of sp³-hybridized carbons (Fsp3) is 0.522. The first-order valence-corrected chi connectivity index (χ1v) is 12.4. The van der Waals surface area contributed by atoms with Gasteiger partial charge in [0.05, 0.1) is 12.1 Å². The Morgan fingerprint density at radius 3 is 2.59 bits per heavy atom. The predicted molar refractivity (Wildman–Crippen MR) is 135 cm³/mol. The molecule has 0 bridgehead atoms. The average molecular weight is 505 g/mol. The van der Waals surface area contributed by atoms with E-state index in [1.807, 2.05) is 25.1 Å². The number of fused-ring (bicyclic) bond motifs is 1. The number of rotatable bonds is 7. The Bertz CT molecular complexity index is 1140. The van der Waals surface area contributed by atoms with Crippen LogP contribution in [0, 0.1) is 0 Å². The van der Waals surface area contributed by atoms with Gasteiger partial charge in [-0.05, 0) is 31.5 Å². The minimum atomic E-state index is -0.273. The molecule has 11 heteroatoms. The van der Waals surface area contributed by atoms with E-state index in [0.29, 0.717) is 21.9 Å². The van der Waals surface area contributed by atoms with Gasteiger partial charge in [0, 0.05) is 68.0 Å². The standard InChI is InChI=1S/C23H30Cl2N8O/c1-15(34)11-30-5-7-31(8-6-30)18-12-32(13-18)21-10-22(33-23(29-21)26-14-27-33)28-16(2)19-4-3-17(24)9-20(19)25/h3-4,9-10,14-16,18,28,34H,5-8,11-13H2,1-2H3/t15-,16-/m1/s1. The lowest BCUT2D eigenvalue weighted by Crippen LogP contribution is -2.63. The number of hydrogen-bond acceptors (Lipinski definition) is 8. The van der Waals surface area contributed by atoms with Gasteiger partial charge in [0.1, 0.15) is 18.0 Å². The molecular weight excluding hydrogens is 475 g/mol. The van der Waals surface area contributed by atoms with Crippen molar-refractivity contribution in [2.45, 2.75) is 32.0 Å². The van der Waals surface area contributed by atoms with Crippen molar-refractivity contribution in [1.29, 1.82) is 0 Å². The zero-order valence-corrected chi connectivity index (χ0v) is 20.9. The first-order chi connectivity index (χ1) is 16.4. The highest BCUT2D eigenvalue weighted by atomic mass is 35.5. The molecule has 2 aliphatic rings. The highest BCUT2D eigenvalue weighted by Gasteiger charge is 2.35. The molecule has 1 aromatic carbocycles. The van der Waals surface area contributed by atoms with Gasteiger partial charge in [-0.3, -0.25) is 9.80 Å². The van der Waals surface area contributed by atoms with Crippen LogP contribution in [0.25, 0.3) is 5.78 Å². The maximum Gasteiger partial charge on any atom is 0.256 e. The van der Waals surface area contributed by atoms with E-state index in [1.165, 1.54) is 6.33 Å². The monoisotopic (exact) mass is 504 g/mol. The summed E-state index contributed by atoms with van der Waals surface area (Å²) in [4.78, 5) is 16.2. The van der Waals surface area contributed by atoms with Crippen LogP contribution >= 0.6 is 23.2 Å². The third-order valence-electron chi connectivity index (χ3n) is 6.66. The van der Waals surface area contributed by atoms with Crippen LogP contribution in [0.2, 0.25) is 10.0 Å². The molecule has 0 unspecified atom stereocenters. The minimum Gasteiger partial charge on any atom is -0.392 e. The van der Waals surface area contributed by atoms with Gasteiger partial charge in [-0.2, -0.15) is 19.6 Å². The normalized spacial score (nSPS) is 19.9. The number of aromatic nitrogens is 4. The summed E-state index contributed by atoms with van der Waals surface area (Å²) in [7, 11) is 0. The Morgan fingerprint density at radius 2 is 1.88 bits per heavy atom. The van der Waals surface area contributed by atoms with Crippen LogP contribution < -0.4 is 10.2 Å². The molecule has 0 saturated carbocycles. The van der Waals surface area contributed by atoms with Gasteiger partial charge in [-0.25, -0.2) is 0 Å². The third kappa shape index (κ3) is 4.94. The lowest BCUT2D eigenvalue weighted by atomic mass is 10.1. The molecule has 2 saturated heterocycles. The van der Waals surface area contributed by atoms with E-state index in [0.717, 1.165) is 63.0 Å². The second-order valence-electron chi connectivity index (χ2n) is 9.25. The number of anilines is 2. The van der Waals surface area contributed by atoms with E-state index in [2.05, 4.69) is 37.0 Å². The summed E-state index contributed by atoms with van der Waals surface area (Å²) in [6, 6.07) is 8.02. The quantitative estimate of drug-likeness (QED) is 0.507. The lowest BCUT2D eigenvalue weighted by Gasteiger charge is -2.48. The molecule has 0 aliphatic carbocycles. The fourth-order valence-electron chi connectivity index (χ4n) is 4.77. The molecule has 4 heterocycles. The van der Waals surface area contributed by atoms with Crippen LogP contribution in [0.15, 0.2) is 30.6 Å². The van der Waals surface area contributed by atoms with E-state index in [1.54, 1.807) is 10.6 Å². The molecule has 9 nitrogen and oxygen atoms in total. The van der Waals surface area contributed by atoms with E-state index >= 15 is 0 Å². The molecule has 2 fully saturated rings. The summed E-state index contributed by atoms with van der Waals surface area (Å²) < 4.78 is 1.71. The van der Waals surface area contributed by atoms with Crippen molar-refractivity contribution in [3.8, 4) is 0 Å². The Kier molecular flexibility index (Phi) is 6.81. The van der Waals surface area contributed by atoms with Gasteiger partial charge < -0.3 is 15.3 Å². The molecule has 3 aromatic rings. The number of nitrogens with zero attached hydrogens (tertiary/aromatic N) is 7. The van der Waals surface area contributed by atoms with Gasteiger partial charge in [0.2, 0.25) is 0 Å². The molecule has 5 rings (SSSR count). The molecule has 0 spiro atoms. The van der Waals surface area contributed by atoms with E-state index in [9.17, 15) is 5.11 Å². The molecule has 2 aromatic heterocycles. The van der Waals surface area contributed by atoms with Crippen LogP contribution in [0.5, 0.6) is 0 Å². The summed E-state index contributed by atoms with van der Waals surface area (Å²) in [5.74, 6) is 2.26. The van der Waals surface area contributed by atoms with Crippen molar-refractivity contribution >= 4 is 40.6 Å². The van der Waals surface area contributed by atoms with E-state index < -0.39 is 0 Å². The molecule has 2 atom stereocenters. The van der Waals surface area contributed by atoms with Gasteiger partial charge in [0.15, 0.2) is 0 Å². The average Bonchev–Trinajstić information content (AvgIpc) is 3.22. The van der Waals surface area contributed by atoms with Crippen LogP contribution in [-0.4, -0.2) is 92.4 Å². The molecule has 2 N–H and O–H groups in total. The second kappa shape index (κ2) is 9.83. The summed E-state index contributed by atoms with van der Waals surface area (Å²) >= 11 is 12.5. The second-order valence-corrected chi connectivity index (χ2v) is 10.1. The highest BCUT2D eigenvalue weighted by molar-refractivity contribution is 6.35. The first-order valence-electron chi connectivity index (χ1n) is 11.7. The highest BCUT2D eigenvalue weighted by Crippen LogP contribution is 2.30. The van der Waals surface area contributed by atoms with Crippen LogP contribution in [0.4, 0.5) is 11.6 Å². The van der Waals surface area contributed by atoms with Crippen molar-refractivity contribution in [2.75, 3.05) is 56.0 Å². The van der Waals surface area contributed by atoms with Crippen molar-refractivity contribution in [1.82, 2.24) is 29.4 Å². The van der Waals surface area contributed by atoms with Crippen molar-refractivity contribution < 1.29 is 5.11 Å². The van der Waals surface area contributed by atoms with Gasteiger partial charge in [-0.15, -0.1) is 0 Å². The van der Waals surface area contributed by atoms with Crippen molar-refractivity contribution in [2.24, 2.45) is 0 Å². The summed E-state index contributed by atoms with van der Waals surface area (Å²) in [5.41, 5.74) is 0.955. The fourth-order valence-corrected chi connectivity index (χ4v) is 5.35. The molecule has 182 valence electrons. The Labute approximate surface area is 209 Å². The predicted octanol–water partition coefficient (Wildman–Crippen LogP) is 2.79. The molecule has 34 heavy (non-hydrogen) atoms. The van der Waals surface area contributed by atoms with Crippen molar-refractivity contribution in [3.63, 3.8) is 0 Å². The van der Waals surface area contributed by atoms with Crippen LogP contribution in [0.1, 0.15) is 25.5 Å². The Hall–Kier alpha value is -2.17. The maximum absolute atomic E-state index is 9.63. The molecule has 0 radical (unpaired) electrons. The number of nitrogens with one attached hydrogen (secondary N) is 1. The number of aliphatic hydroxyl groups excluding tert-OH is 1. The number of hydrogen-bond donors (Lipinski definition) is 2. The van der Waals surface area contributed by atoms with Gasteiger partial charge >= 0.3 is 0 Å². The zero-order chi connectivity index (χ0) is 23.8. The molecule has 2 aliphatic heterocycles. The SMILES string of the molecule is C[C@@H](O)CN1CCN(C2CN(c3cc(N[C@H](C)c4ccc(Cl)cc4Cl)n4ncnc4n3)C2)CC1. The number of halogens is 2. The topological polar surface area (TPSA) is 85.1 Å². The van der Waals surface area contributed by atoms with E-state index in [4.69, 9.17) is 28.2 Å². The van der Waals surface area contributed by atoms with Crippen LogP contribution in [0.3, 0.4) is 0 Å². The number of β-amino-alcohol motifs (C(OH)–C–C–N with tert-alkyl or cyclic N) is 1.